The molecule has 3 nitrogen and oxygen atoms in total. The maximum absolute atomic E-state index is 5.66. The maximum Gasteiger partial charge on any atom is 0.125 e. The van der Waals surface area contributed by atoms with E-state index in [1.807, 2.05) is 18.2 Å². The van der Waals surface area contributed by atoms with E-state index in [0.29, 0.717) is 6.10 Å². The van der Waals surface area contributed by atoms with Crippen LogP contribution in [0, 0.1) is 0 Å². The highest BCUT2D eigenvalue weighted by Crippen LogP contribution is 2.15. The van der Waals surface area contributed by atoms with E-state index in [2.05, 4.69) is 10.3 Å². The first kappa shape index (κ1) is 10.4. The van der Waals surface area contributed by atoms with Gasteiger partial charge < -0.3 is 10.1 Å². The Labute approximate surface area is 90.9 Å². The Bertz CT molecular complexity index is 270. The number of hydrogen-bond donors (Lipinski definition) is 1. The molecule has 0 saturated carbocycles. The van der Waals surface area contributed by atoms with E-state index in [1.54, 1.807) is 6.20 Å². The summed E-state index contributed by atoms with van der Waals surface area (Å²) in [5.74, 6) is 0.952. The highest BCUT2D eigenvalue weighted by atomic mass is 16.5. The van der Waals surface area contributed by atoms with Crippen molar-refractivity contribution in [3.63, 3.8) is 0 Å². The number of aromatic nitrogens is 1. The van der Waals surface area contributed by atoms with Crippen molar-refractivity contribution in [3.05, 3.63) is 24.4 Å². The molecule has 3 heteroatoms. The summed E-state index contributed by atoms with van der Waals surface area (Å²) in [6, 6.07) is 5.91. The van der Waals surface area contributed by atoms with Gasteiger partial charge in [-0.1, -0.05) is 6.07 Å². The summed E-state index contributed by atoms with van der Waals surface area (Å²) in [6.07, 6.45) is 7.09. The number of anilines is 1. The van der Waals surface area contributed by atoms with Crippen LogP contribution in [0.1, 0.15) is 25.7 Å². The fourth-order valence-electron chi connectivity index (χ4n) is 1.86. The zero-order chi connectivity index (χ0) is 10.3. The van der Waals surface area contributed by atoms with Gasteiger partial charge in [-0.05, 0) is 37.8 Å². The third kappa shape index (κ3) is 3.51. The predicted octanol–water partition coefficient (Wildman–Crippen LogP) is 2.45. The van der Waals surface area contributed by atoms with Crippen LogP contribution in [0.25, 0.3) is 0 Å². The molecule has 82 valence electrons. The van der Waals surface area contributed by atoms with Gasteiger partial charge in [0, 0.05) is 19.3 Å². The standard InChI is InChI=1S/C12H18N2O/c1-3-8-13-12(6-1)14-9-7-11-5-2-4-10-15-11/h1,3,6,8,11H,2,4-5,7,9-10H2,(H,13,14). The Kier molecular flexibility index (Phi) is 3.97. The summed E-state index contributed by atoms with van der Waals surface area (Å²) in [7, 11) is 0. The molecule has 0 aliphatic carbocycles. The number of nitrogens with zero attached hydrogens (tertiary/aromatic N) is 1. The minimum absolute atomic E-state index is 0.454. The first-order chi connectivity index (χ1) is 7.45. The molecule has 1 aromatic rings. The van der Waals surface area contributed by atoms with Crippen LogP contribution in [0.5, 0.6) is 0 Å². The lowest BCUT2D eigenvalue weighted by molar-refractivity contribution is 0.0134. The minimum Gasteiger partial charge on any atom is -0.378 e. The molecule has 1 aliphatic heterocycles. The SMILES string of the molecule is c1ccc(NCCC2CCCCO2)nc1. The zero-order valence-electron chi connectivity index (χ0n) is 8.98. The van der Waals surface area contributed by atoms with Crippen molar-refractivity contribution in [2.24, 2.45) is 0 Å². The molecular formula is C12H18N2O. The topological polar surface area (TPSA) is 34.1 Å². The number of pyridine rings is 1. The smallest absolute Gasteiger partial charge is 0.125 e. The molecule has 0 amide bonds. The monoisotopic (exact) mass is 206 g/mol. The fraction of sp³-hybridized carbons (Fsp3) is 0.583. The van der Waals surface area contributed by atoms with Crippen molar-refractivity contribution in [2.45, 2.75) is 31.8 Å². The Morgan fingerprint density at radius 3 is 3.13 bits per heavy atom. The van der Waals surface area contributed by atoms with Crippen molar-refractivity contribution in [1.82, 2.24) is 4.98 Å². The molecule has 1 aliphatic rings. The van der Waals surface area contributed by atoms with Gasteiger partial charge >= 0.3 is 0 Å². The Morgan fingerprint density at radius 2 is 2.40 bits per heavy atom. The number of hydrogen-bond acceptors (Lipinski definition) is 3. The second-order valence-electron chi connectivity index (χ2n) is 3.92. The lowest BCUT2D eigenvalue weighted by Gasteiger charge is -2.22. The normalized spacial score (nSPS) is 21.2. The van der Waals surface area contributed by atoms with Gasteiger partial charge in [0.05, 0.1) is 6.10 Å². The second kappa shape index (κ2) is 5.71. The Morgan fingerprint density at radius 1 is 1.40 bits per heavy atom. The van der Waals surface area contributed by atoms with Gasteiger partial charge in [-0.15, -0.1) is 0 Å². The van der Waals surface area contributed by atoms with E-state index < -0.39 is 0 Å². The van der Waals surface area contributed by atoms with Gasteiger partial charge in [-0.2, -0.15) is 0 Å². The van der Waals surface area contributed by atoms with Gasteiger partial charge in [0.15, 0.2) is 0 Å². The van der Waals surface area contributed by atoms with Gasteiger partial charge in [0.2, 0.25) is 0 Å². The van der Waals surface area contributed by atoms with E-state index in [1.165, 1.54) is 19.3 Å². The zero-order valence-corrected chi connectivity index (χ0v) is 8.98. The molecule has 0 spiro atoms. The average molecular weight is 206 g/mol. The summed E-state index contributed by atoms with van der Waals surface area (Å²) in [5, 5.41) is 3.30. The summed E-state index contributed by atoms with van der Waals surface area (Å²) in [6.45, 7) is 1.88. The third-order valence-electron chi connectivity index (χ3n) is 2.71. The first-order valence-electron chi connectivity index (χ1n) is 5.71. The van der Waals surface area contributed by atoms with Crippen LogP contribution in [0.3, 0.4) is 0 Å². The molecule has 1 N–H and O–H groups in total. The van der Waals surface area contributed by atoms with E-state index in [0.717, 1.165) is 25.4 Å². The molecule has 2 heterocycles. The van der Waals surface area contributed by atoms with Crippen LogP contribution in [-0.4, -0.2) is 24.2 Å². The third-order valence-corrected chi connectivity index (χ3v) is 2.71. The van der Waals surface area contributed by atoms with E-state index in [4.69, 9.17) is 4.74 Å². The molecule has 0 radical (unpaired) electrons. The summed E-state index contributed by atoms with van der Waals surface area (Å²) >= 11 is 0. The van der Waals surface area contributed by atoms with Gasteiger partial charge in [-0.3, -0.25) is 0 Å². The summed E-state index contributed by atoms with van der Waals surface area (Å²) in [5.41, 5.74) is 0. The quantitative estimate of drug-likeness (QED) is 0.821. The predicted molar refractivity (Wildman–Crippen MR) is 60.9 cm³/mol. The number of rotatable bonds is 4. The molecule has 0 bridgehead atoms. The largest absolute Gasteiger partial charge is 0.378 e. The Hall–Kier alpha value is -1.09. The summed E-state index contributed by atoms with van der Waals surface area (Å²) in [4.78, 5) is 4.21. The minimum atomic E-state index is 0.454. The molecule has 1 atom stereocenters. The van der Waals surface area contributed by atoms with Crippen molar-refractivity contribution in [2.75, 3.05) is 18.5 Å². The highest BCUT2D eigenvalue weighted by molar-refractivity contribution is 5.32. The van der Waals surface area contributed by atoms with Gasteiger partial charge in [0.25, 0.3) is 0 Å². The van der Waals surface area contributed by atoms with Crippen LogP contribution in [-0.2, 0) is 4.74 Å². The van der Waals surface area contributed by atoms with E-state index >= 15 is 0 Å². The lowest BCUT2D eigenvalue weighted by Crippen LogP contribution is -2.22. The summed E-state index contributed by atoms with van der Waals surface area (Å²) < 4.78 is 5.66. The van der Waals surface area contributed by atoms with E-state index in [-0.39, 0.29) is 0 Å². The van der Waals surface area contributed by atoms with Gasteiger partial charge in [0.1, 0.15) is 5.82 Å². The number of ether oxygens (including phenoxy) is 1. The fourth-order valence-corrected chi connectivity index (χ4v) is 1.86. The van der Waals surface area contributed by atoms with Crippen LogP contribution < -0.4 is 5.32 Å². The van der Waals surface area contributed by atoms with Crippen molar-refractivity contribution < 1.29 is 4.74 Å². The molecule has 1 saturated heterocycles. The van der Waals surface area contributed by atoms with Gasteiger partial charge in [-0.25, -0.2) is 4.98 Å². The molecule has 1 aromatic heterocycles. The molecule has 2 rings (SSSR count). The van der Waals surface area contributed by atoms with Crippen LogP contribution in [0.15, 0.2) is 24.4 Å². The molecule has 15 heavy (non-hydrogen) atoms. The van der Waals surface area contributed by atoms with Crippen molar-refractivity contribution in [3.8, 4) is 0 Å². The van der Waals surface area contributed by atoms with Crippen LogP contribution >= 0.6 is 0 Å². The first-order valence-corrected chi connectivity index (χ1v) is 5.71. The van der Waals surface area contributed by atoms with E-state index in [9.17, 15) is 0 Å². The Balaban J connectivity index is 1.66. The molecular weight excluding hydrogens is 188 g/mol. The van der Waals surface area contributed by atoms with Crippen molar-refractivity contribution >= 4 is 5.82 Å². The van der Waals surface area contributed by atoms with Crippen LogP contribution in [0.2, 0.25) is 0 Å². The lowest BCUT2D eigenvalue weighted by atomic mass is 10.1. The van der Waals surface area contributed by atoms with Crippen LogP contribution in [0.4, 0.5) is 5.82 Å². The molecule has 1 unspecified atom stereocenters. The second-order valence-corrected chi connectivity index (χ2v) is 3.92. The average Bonchev–Trinajstić information content (AvgIpc) is 2.32. The van der Waals surface area contributed by atoms with Crippen molar-refractivity contribution in [1.29, 1.82) is 0 Å². The molecule has 0 aromatic carbocycles. The highest BCUT2D eigenvalue weighted by Gasteiger charge is 2.12. The molecule has 1 fully saturated rings. The maximum atomic E-state index is 5.66. The number of nitrogens with one attached hydrogen (secondary N) is 1.